The Morgan fingerprint density at radius 3 is 2.57 bits per heavy atom. The second-order valence-electron chi connectivity index (χ2n) is 6.65. The van der Waals surface area contributed by atoms with Gasteiger partial charge >= 0.3 is 0 Å². The number of pyridine rings is 1. The number of amides is 1. The fraction of sp³-hybridized carbons (Fsp3) is 0.286. The lowest BCUT2D eigenvalue weighted by molar-refractivity contribution is 0.0623. The number of carbonyl (C=O) groups excluding carboxylic acids is 1. The molecule has 0 atom stereocenters. The fourth-order valence-corrected chi connectivity index (χ4v) is 4.84. The average Bonchev–Trinajstić information content (AvgIpc) is 3.27. The van der Waals surface area contributed by atoms with Crippen LogP contribution in [0.1, 0.15) is 21.7 Å². The molecular weight excluding hydrogens is 388 g/mol. The van der Waals surface area contributed by atoms with E-state index in [1.54, 1.807) is 23.1 Å². The smallest absolute Gasteiger partial charge is 0.255 e. The molecule has 1 aliphatic heterocycles. The van der Waals surface area contributed by atoms with Crippen molar-refractivity contribution < 1.29 is 4.79 Å². The highest BCUT2D eigenvalue weighted by Crippen LogP contribution is 2.27. The van der Waals surface area contributed by atoms with Crippen molar-refractivity contribution in [1.29, 1.82) is 0 Å². The highest BCUT2D eigenvalue weighted by atomic mass is 32.2. The molecule has 0 unspecified atom stereocenters. The molecule has 0 radical (unpaired) electrons. The maximum atomic E-state index is 13.1. The zero-order chi connectivity index (χ0) is 19.2. The van der Waals surface area contributed by atoms with Gasteiger partial charge in [0, 0.05) is 54.9 Å². The molecule has 7 heteroatoms. The van der Waals surface area contributed by atoms with Crippen LogP contribution in [0.5, 0.6) is 0 Å². The molecule has 0 aliphatic carbocycles. The molecule has 0 saturated carbocycles. The van der Waals surface area contributed by atoms with Crippen LogP contribution in [-0.4, -0.2) is 51.9 Å². The first-order valence-electron chi connectivity index (χ1n) is 9.30. The van der Waals surface area contributed by atoms with Crippen LogP contribution in [0.15, 0.2) is 64.4 Å². The number of piperazine rings is 1. The number of thioether (sulfide) groups is 1. The van der Waals surface area contributed by atoms with Crippen molar-refractivity contribution in [3.63, 3.8) is 0 Å². The van der Waals surface area contributed by atoms with Crippen LogP contribution >= 0.6 is 23.1 Å². The molecule has 0 N–H and O–H groups in total. The van der Waals surface area contributed by atoms with E-state index in [0.717, 1.165) is 60.3 Å². The molecule has 0 bridgehead atoms. The van der Waals surface area contributed by atoms with Gasteiger partial charge in [0.05, 0.1) is 22.5 Å². The lowest BCUT2D eigenvalue weighted by Gasteiger charge is -2.34. The van der Waals surface area contributed by atoms with Gasteiger partial charge in [-0.25, -0.2) is 4.98 Å². The van der Waals surface area contributed by atoms with Crippen LogP contribution < -0.4 is 0 Å². The number of aromatic nitrogens is 2. The van der Waals surface area contributed by atoms with Crippen LogP contribution in [0.2, 0.25) is 0 Å². The van der Waals surface area contributed by atoms with E-state index < -0.39 is 0 Å². The summed E-state index contributed by atoms with van der Waals surface area (Å²) in [6, 6.07) is 13.9. The first-order chi connectivity index (χ1) is 13.8. The largest absolute Gasteiger partial charge is 0.336 e. The van der Waals surface area contributed by atoms with Crippen molar-refractivity contribution in [2.75, 3.05) is 26.2 Å². The predicted molar refractivity (Wildman–Crippen MR) is 114 cm³/mol. The molecule has 1 saturated heterocycles. The van der Waals surface area contributed by atoms with Crippen LogP contribution in [-0.2, 0) is 12.3 Å². The fourth-order valence-electron chi connectivity index (χ4n) is 3.23. The highest BCUT2D eigenvalue weighted by molar-refractivity contribution is 7.98. The normalized spacial score (nSPS) is 14.9. The maximum absolute atomic E-state index is 13.1. The van der Waals surface area contributed by atoms with Gasteiger partial charge < -0.3 is 4.90 Å². The van der Waals surface area contributed by atoms with Crippen LogP contribution in [0, 0.1) is 0 Å². The van der Waals surface area contributed by atoms with E-state index >= 15 is 0 Å². The van der Waals surface area contributed by atoms with Gasteiger partial charge in [-0.1, -0.05) is 18.2 Å². The number of thiazole rings is 1. The molecule has 1 fully saturated rings. The monoisotopic (exact) mass is 410 g/mol. The standard InChI is InChI=1S/C21H22N4OS2/c26-21(19-6-1-2-7-20(19)28-15-18-14-27-16-23-18)25-11-9-24(10-12-25)13-17-5-3-4-8-22-17/h1-8,14,16H,9-13,15H2. The van der Waals surface area contributed by atoms with Gasteiger partial charge in [-0.3, -0.25) is 14.7 Å². The van der Waals surface area contributed by atoms with E-state index in [1.807, 2.05) is 59.1 Å². The van der Waals surface area contributed by atoms with Crippen molar-refractivity contribution in [3.05, 3.63) is 76.5 Å². The summed E-state index contributed by atoms with van der Waals surface area (Å²) in [4.78, 5) is 27.2. The molecule has 28 heavy (non-hydrogen) atoms. The maximum Gasteiger partial charge on any atom is 0.255 e. The van der Waals surface area contributed by atoms with Gasteiger partial charge in [0.1, 0.15) is 0 Å². The molecule has 1 amide bonds. The van der Waals surface area contributed by atoms with E-state index in [0.29, 0.717) is 0 Å². The molecule has 5 nitrogen and oxygen atoms in total. The zero-order valence-corrected chi connectivity index (χ0v) is 17.2. The topological polar surface area (TPSA) is 49.3 Å². The minimum Gasteiger partial charge on any atom is -0.336 e. The molecule has 2 aromatic heterocycles. The first kappa shape index (κ1) is 19.1. The average molecular weight is 411 g/mol. The second kappa shape index (κ2) is 9.32. The molecular formula is C21H22N4OS2. The molecule has 1 aliphatic rings. The lowest BCUT2D eigenvalue weighted by Crippen LogP contribution is -2.48. The molecule has 3 heterocycles. The van der Waals surface area contributed by atoms with E-state index in [1.165, 1.54) is 0 Å². The lowest BCUT2D eigenvalue weighted by atomic mass is 10.1. The third-order valence-electron chi connectivity index (χ3n) is 4.75. The molecule has 3 aromatic rings. The molecule has 0 spiro atoms. The van der Waals surface area contributed by atoms with Gasteiger partial charge in [-0.05, 0) is 24.3 Å². The minimum absolute atomic E-state index is 0.124. The number of carbonyl (C=O) groups is 1. The molecule has 4 rings (SSSR count). The van der Waals surface area contributed by atoms with Crippen LogP contribution in [0.4, 0.5) is 0 Å². The summed E-state index contributed by atoms with van der Waals surface area (Å²) in [5.41, 5.74) is 4.77. The Kier molecular flexibility index (Phi) is 6.36. The Morgan fingerprint density at radius 2 is 1.82 bits per heavy atom. The SMILES string of the molecule is O=C(c1ccccc1SCc1cscn1)N1CCN(Cc2ccccn2)CC1. The quantitative estimate of drug-likeness (QED) is 0.579. The number of nitrogens with zero attached hydrogens (tertiary/aromatic N) is 4. The summed E-state index contributed by atoms with van der Waals surface area (Å²) in [6.07, 6.45) is 1.83. The van der Waals surface area contributed by atoms with Crippen molar-refractivity contribution in [1.82, 2.24) is 19.8 Å². The van der Waals surface area contributed by atoms with E-state index in [4.69, 9.17) is 0 Å². The highest BCUT2D eigenvalue weighted by Gasteiger charge is 2.24. The van der Waals surface area contributed by atoms with Gasteiger partial charge in [0.25, 0.3) is 5.91 Å². The summed E-state index contributed by atoms with van der Waals surface area (Å²) in [6.45, 7) is 4.07. The van der Waals surface area contributed by atoms with Crippen molar-refractivity contribution >= 4 is 29.0 Å². The Morgan fingerprint density at radius 1 is 1.00 bits per heavy atom. The number of benzene rings is 1. The van der Waals surface area contributed by atoms with Gasteiger partial charge in [-0.2, -0.15) is 0 Å². The second-order valence-corrected chi connectivity index (χ2v) is 8.39. The van der Waals surface area contributed by atoms with Crippen molar-refractivity contribution in [2.24, 2.45) is 0 Å². The van der Waals surface area contributed by atoms with Crippen LogP contribution in [0.25, 0.3) is 0 Å². The number of rotatable bonds is 6. The summed E-state index contributed by atoms with van der Waals surface area (Å²) in [5.74, 6) is 0.907. The minimum atomic E-state index is 0.124. The predicted octanol–water partition coefficient (Wildman–Crippen LogP) is 3.79. The summed E-state index contributed by atoms with van der Waals surface area (Å²) >= 11 is 3.28. The van der Waals surface area contributed by atoms with Crippen molar-refractivity contribution in [2.45, 2.75) is 17.2 Å². The van der Waals surface area contributed by atoms with Crippen molar-refractivity contribution in [3.8, 4) is 0 Å². The Balaban J connectivity index is 1.36. The van der Waals surface area contributed by atoms with E-state index in [2.05, 4.69) is 20.2 Å². The zero-order valence-electron chi connectivity index (χ0n) is 15.5. The van der Waals surface area contributed by atoms with Gasteiger partial charge in [-0.15, -0.1) is 23.1 Å². The third-order valence-corrected chi connectivity index (χ3v) is 6.49. The third kappa shape index (κ3) is 4.79. The number of hydrogen-bond acceptors (Lipinski definition) is 6. The van der Waals surface area contributed by atoms with Gasteiger partial charge in [0.2, 0.25) is 0 Å². The molecule has 1 aromatic carbocycles. The Hall–Kier alpha value is -2.22. The number of hydrogen-bond donors (Lipinski definition) is 0. The first-order valence-corrected chi connectivity index (χ1v) is 11.2. The Bertz CT molecular complexity index is 894. The summed E-state index contributed by atoms with van der Waals surface area (Å²) in [7, 11) is 0. The van der Waals surface area contributed by atoms with Crippen LogP contribution in [0.3, 0.4) is 0 Å². The Labute approximate surface area is 173 Å². The summed E-state index contributed by atoms with van der Waals surface area (Å²) < 4.78 is 0. The van der Waals surface area contributed by atoms with E-state index in [9.17, 15) is 4.79 Å². The van der Waals surface area contributed by atoms with Gasteiger partial charge in [0.15, 0.2) is 0 Å². The van der Waals surface area contributed by atoms with E-state index in [-0.39, 0.29) is 5.91 Å². The molecule has 144 valence electrons. The summed E-state index contributed by atoms with van der Waals surface area (Å²) in [5, 5.41) is 2.05.